The minimum Gasteiger partial charge on any atom is -0.311 e. The van der Waals surface area contributed by atoms with Gasteiger partial charge in [0.15, 0.2) is 0 Å². The van der Waals surface area contributed by atoms with Crippen molar-refractivity contribution >= 4 is 50.0 Å². The molecule has 10 aromatic rings. The van der Waals surface area contributed by atoms with E-state index in [1.165, 1.54) is 66.5 Å². The molecule has 3 nitrogen and oxygen atoms in total. The molecule has 0 amide bonds. The molecule has 0 spiro atoms. The second-order valence-corrected chi connectivity index (χ2v) is 18.0. The Morgan fingerprint density at radius 2 is 0.914 bits per heavy atom. The summed E-state index contributed by atoms with van der Waals surface area (Å²) < 4.78 is 5.02. The summed E-state index contributed by atoms with van der Waals surface area (Å²) in [4.78, 5) is 2.32. The van der Waals surface area contributed by atoms with Gasteiger partial charge in [0.1, 0.15) is 0 Å². The average Bonchev–Trinajstić information content (AvgIpc) is 3.91. The monoisotopic (exact) mass is 901 g/mol. The first-order valence-electron chi connectivity index (χ1n) is 24.4. The maximum absolute atomic E-state index is 4.10. The van der Waals surface area contributed by atoms with Crippen molar-refractivity contribution in [3.05, 3.63) is 260 Å². The first-order valence-corrected chi connectivity index (χ1v) is 24.4. The summed E-state index contributed by atoms with van der Waals surface area (Å²) in [5.74, 6) is 0. The lowest BCUT2D eigenvalue weighted by Crippen LogP contribution is -2.10. The van der Waals surface area contributed by atoms with Gasteiger partial charge in [-0.25, -0.2) is 0 Å². The van der Waals surface area contributed by atoms with Crippen LogP contribution >= 0.6 is 0 Å². The number of anilines is 3. The van der Waals surface area contributed by atoms with E-state index < -0.39 is 0 Å². The second-order valence-electron chi connectivity index (χ2n) is 18.0. The number of nitrogens with zero attached hydrogens (tertiary/aromatic N) is 3. The molecule has 0 atom stereocenters. The van der Waals surface area contributed by atoms with Gasteiger partial charge in [-0.3, -0.25) is 0 Å². The highest BCUT2D eigenvalue weighted by atomic mass is 15.1. The van der Waals surface area contributed by atoms with Gasteiger partial charge in [0, 0.05) is 61.5 Å². The lowest BCUT2D eigenvalue weighted by molar-refractivity contribution is 1.12. The van der Waals surface area contributed by atoms with Gasteiger partial charge >= 0.3 is 0 Å². The molecule has 0 N–H and O–H groups in total. The Balaban J connectivity index is 1.26. The molecule has 0 bridgehead atoms. The van der Waals surface area contributed by atoms with Crippen molar-refractivity contribution in [2.75, 3.05) is 4.90 Å². The van der Waals surface area contributed by atoms with E-state index in [0.717, 1.165) is 62.8 Å². The summed E-state index contributed by atoms with van der Waals surface area (Å²) in [6.45, 7) is 12.7. The molecule has 11 rings (SSSR count). The fraction of sp³-hybridized carbons (Fsp3) is 0.0746. The molecule has 0 radical (unpaired) electrons. The highest BCUT2D eigenvalue weighted by Gasteiger charge is 2.32. The Bertz CT molecular complexity index is 3660. The van der Waals surface area contributed by atoms with Crippen LogP contribution in [0.2, 0.25) is 0 Å². The lowest BCUT2D eigenvalue weighted by atomic mass is 9.84. The zero-order chi connectivity index (χ0) is 47.7. The first-order chi connectivity index (χ1) is 34.5. The maximum Gasteiger partial charge on any atom is 0.0626 e. The molecule has 8 aromatic carbocycles. The Kier molecular flexibility index (Phi) is 11.8. The molecular formula is C67H55N3. The van der Waals surface area contributed by atoms with Gasteiger partial charge in [0.2, 0.25) is 0 Å². The molecule has 70 heavy (non-hydrogen) atoms. The molecule has 1 aliphatic carbocycles. The summed E-state index contributed by atoms with van der Waals surface area (Å²) >= 11 is 0. The third-order valence-corrected chi connectivity index (χ3v) is 13.6. The van der Waals surface area contributed by atoms with Crippen LogP contribution in [0, 0.1) is 6.92 Å². The van der Waals surface area contributed by atoms with E-state index in [4.69, 9.17) is 0 Å². The van der Waals surface area contributed by atoms with Crippen LogP contribution < -0.4 is 4.90 Å². The van der Waals surface area contributed by atoms with E-state index in [1.807, 2.05) is 6.08 Å². The number of fused-ring (bicyclic) bond motifs is 12. The average molecular weight is 902 g/mol. The van der Waals surface area contributed by atoms with Crippen LogP contribution in [0.3, 0.4) is 0 Å². The SMILES string of the molecule is C=C/C=C(\C=C/C)c1ccc2c(c1)c1c(n2-c2ccc(N(c3ccccc3)c3ccccc3)cc2)-c2ccccc2-c2c(c3cc(C(/C=C\C)=C/CC)ccc3n2-c2ccc(C)cc2)-c2ccccc2-1. The van der Waals surface area contributed by atoms with Crippen molar-refractivity contribution in [3.63, 3.8) is 0 Å². The van der Waals surface area contributed by atoms with Crippen LogP contribution in [0.5, 0.6) is 0 Å². The molecule has 1 aliphatic rings. The summed E-state index contributed by atoms with van der Waals surface area (Å²) in [5.41, 5.74) is 23.2. The molecule has 0 aliphatic heterocycles. The molecule has 0 unspecified atom stereocenters. The molecular weight excluding hydrogens is 847 g/mol. The number of benzene rings is 8. The fourth-order valence-electron chi connectivity index (χ4n) is 10.6. The zero-order valence-electron chi connectivity index (χ0n) is 40.3. The Labute approximate surface area is 412 Å². The van der Waals surface area contributed by atoms with Gasteiger partial charge in [0.25, 0.3) is 0 Å². The van der Waals surface area contributed by atoms with Crippen LogP contribution in [0.25, 0.3) is 89.1 Å². The van der Waals surface area contributed by atoms with E-state index in [1.54, 1.807) is 0 Å². The molecule has 338 valence electrons. The Morgan fingerprint density at radius 1 is 0.486 bits per heavy atom. The third kappa shape index (κ3) is 7.57. The molecule has 0 saturated heterocycles. The van der Waals surface area contributed by atoms with Crippen molar-refractivity contribution in [2.45, 2.75) is 34.1 Å². The predicted molar refractivity (Wildman–Crippen MR) is 301 cm³/mol. The third-order valence-electron chi connectivity index (χ3n) is 13.6. The van der Waals surface area contributed by atoms with Crippen molar-refractivity contribution in [3.8, 4) is 56.1 Å². The number of para-hydroxylation sites is 2. The standard InChI is InChI=1S/C67H55N3/c1-6-20-47(21-7-2)49-34-42-62-60(44-49)64-56-28-16-17-29-57(56)65-61-45-50(48(22-8-3)23-9-4)35-43-63(61)70(67(65)59-31-19-18-30-58(59)66(64)69(62)54-36-32-46(5)33-37-54)55-40-38-53(39-41-55)68(51-24-12-10-13-25-51)52-26-14-11-15-27-52/h6,8-45H,3,7H2,1-2,4-5H3/b20-6-,23-9-,47-21+,48-22+,64-56?,65-57?,66-58?,67-59?. The van der Waals surface area contributed by atoms with Gasteiger partial charge in [-0.05, 0) is 146 Å². The van der Waals surface area contributed by atoms with Crippen LogP contribution in [0.4, 0.5) is 17.1 Å². The predicted octanol–water partition coefficient (Wildman–Crippen LogP) is 18.8. The lowest BCUT2D eigenvalue weighted by Gasteiger charge is -2.26. The van der Waals surface area contributed by atoms with Gasteiger partial charge in [-0.15, -0.1) is 0 Å². The van der Waals surface area contributed by atoms with Crippen LogP contribution in [0.1, 0.15) is 43.9 Å². The van der Waals surface area contributed by atoms with Gasteiger partial charge in [-0.2, -0.15) is 0 Å². The molecule has 2 aromatic heterocycles. The number of hydrogen-bond donors (Lipinski definition) is 0. The van der Waals surface area contributed by atoms with E-state index in [9.17, 15) is 0 Å². The first kappa shape index (κ1) is 43.9. The van der Waals surface area contributed by atoms with Crippen LogP contribution in [-0.2, 0) is 0 Å². The van der Waals surface area contributed by atoms with Crippen molar-refractivity contribution in [1.82, 2.24) is 9.13 Å². The summed E-state index contributed by atoms with van der Waals surface area (Å²) in [7, 11) is 0. The number of aromatic nitrogens is 2. The number of hydrogen-bond acceptors (Lipinski definition) is 1. The Morgan fingerprint density at radius 3 is 1.39 bits per heavy atom. The summed E-state index contributed by atoms with van der Waals surface area (Å²) in [5, 5.41) is 2.40. The Hall–Kier alpha value is -8.66. The van der Waals surface area contributed by atoms with Crippen molar-refractivity contribution in [1.29, 1.82) is 0 Å². The number of aryl methyl sites for hydroxylation is 1. The number of allylic oxidation sites excluding steroid dienone is 9. The molecule has 3 heteroatoms. The highest BCUT2D eigenvalue weighted by molar-refractivity contribution is 6.18. The van der Waals surface area contributed by atoms with E-state index in [2.05, 4.69) is 279 Å². The number of rotatable bonds is 11. The van der Waals surface area contributed by atoms with Crippen molar-refractivity contribution in [2.24, 2.45) is 0 Å². The normalized spacial score (nSPS) is 12.5. The largest absolute Gasteiger partial charge is 0.311 e. The minimum atomic E-state index is 0.948. The summed E-state index contributed by atoms with van der Waals surface area (Å²) in [6.07, 6.45) is 15.9. The van der Waals surface area contributed by atoms with E-state index in [0.29, 0.717) is 0 Å². The molecule has 0 fully saturated rings. The quantitative estimate of drug-likeness (QED) is 0.118. The van der Waals surface area contributed by atoms with E-state index in [-0.39, 0.29) is 0 Å². The van der Waals surface area contributed by atoms with Gasteiger partial charge in [-0.1, -0.05) is 171 Å². The topological polar surface area (TPSA) is 13.1 Å². The van der Waals surface area contributed by atoms with E-state index >= 15 is 0 Å². The molecule has 0 saturated carbocycles. The fourth-order valence-corrected chi connectivity index (χ4v) is 10.6. The van der Waals surface area contributed by atoms with Crippen molar-refractivity contribution < 1.29 is 0 Å². The minimum absolute atomic E-state index is 0.948. The van der Waals surface area contributed by atoms with Gasteiger partial charge < -0.3 is 14.0 Å². The van der Waals surface area contributed by atoms with Crippen LogP contribution in [-0.4, -0.2) is 9.13 Å². The second kappa shape index (κ2) is 18.8. The van der Waals surface area contributed by atoms with Crippen LogP contribution in [0.15, 0.2) is 243 Å². The molecule has 2 heterocycles. The smallest absolute Gasteiger partial charge is 0.0626 e. The maximum atomic E-state index is 4.10. The summed E-state index contributed by atoms with van der Waals surface area (Å²) in [6, 6.07) is 71.6. The van der Waals surface area contributed by atoms with Gasteiger partial charge in [0.05, 0.1) is 22.4 Å². The zero-order valence-corrected chi connectivity index (χ0v) is 40.3. The highest BCUT2D eigenvalue weighted by Crippen LogP contribution is 2.55.